The molecule has 14 heavy (non-hydrogen) atoms. The summed E-state index contributed by atoms with van der Waals surface area (Å²) in [5, 5.41) is 16.8. The van der Waals surface area contributed by atoms with Gasteiger partial charge >= 0.3 is 5.97 Å². The second kappa shape index (κ2) is 3.87. The highest BCUT2D eigenvalue weighted by molar-refractivity contribution is 7.09. The average Bonchev–Trinajstić information content (AvgIpc) is 2.70. The normalized spacial score (nSPS) is 21.4. The molecule has 1 aromatic rings. The quantitative estimate of drug-likeness (QED) is 0.783. The number of aliphatic carboxylic acids is 1. The van der Waals surface area contributed by atoms with E-state index in [-0.39, 0.29) is 12.5 Å². The lowest BCUT2D eigenvalue weighted by atomic mass is 10.1. The van der Waals surface area contributed by atoms with Gasteiger partial charge < -0.3 is 10.0 Å². The van der Waals surface area contributed by atoms with Crippen LogP contribution in [0.5, 0.6) is 0 Å². The Bertz CT molecular complexity index is 315. The fourth-order valence-electron chi connectivity index (χ4n) is 1.74. The molecule has 2 heterocycles. The van der Waals surface area contributed by atoms with Crippen molar-refractivity contribution in [2.45, 2.75) is 25.3 Å². The zero-order chi connectivity index (χ0) is 9.97. The third kappa shape index (κ3) is 1.82. The fourth-order valence-corrected chi connectivity index (χ4v) is 2.31. The first-order valence-electron chi connectivity index (χ1n) is 4.41. The van der Waals surface area contributed by atoms with E-state index in [2.05, 4.69) is 14.8 Å². The fraction of sp³-hybridized carbons (Fsp3) is 0.714. The van der Waals surface area contributed by atoms with Crippen LogP contribution >= 0.6 is 11.5 Å². The summed E-state index contributed by atoms with van der Waals surface area (Å²) in [5.41, 5.74) is 0. The summed E-state index contributed by atoms with van der Waals surface area (Å²) in [6, 6.07) is 0.0576. The monoisotopic (exact) mass is 214 g/mol. The zero-order valence-corrected chi connectivity index (χ0v) is 8.27. The molecule has 0 aromatic carbocycles. The van der Waals surface area contributed by atoms with Crippen molar-refractivity contribution < 1.29 is 9.90 Å². The van der Waals surface area contributed by atoms with Crippen LogP contribution < -0.4 is 4.90 Å². The molecule has 7 heteroatoms. The minimum absolute atomic E-state index is 0.0576. The minimum atomic E-state index is -0.764. The van der Waals surface area contributed by atoms with Crippen LogP contribution in [0.25, 0.3) is 0 Å². The van der Waals surface area contributed by atoms with Gasteiger partial charge in [0.25, 0.3) is 0 Å². The number of anilines is 1. The zero-order valence-electron chi connectivity index (χ0n) is 7.46. The Labute approximate surface area is 84.7 Å². The molecule has 0 radical (unpaired) electrons. The molecule has 1 saturated heterocycles. The summed E-state index contributed by atoms with van der Waals surface area (Å²) in [4.78, 5) is 12.6. The van der Waals surface area contributed by atoms with Crippen molar-refractivity contribution in [3.63, 3.8) is 0 Å². The second-order valence-electron chi connectivity index (χ2n) is 3.23. The first kappa shape index (κ1) is 9.32. The second-order valence-corrected chi connectivity index (χ2v) is 3.94. The Hall–Kier alpha value is -1.24. The summed E-state index contributed by atoms with van der Waals surface area (Å²) in [6.45, 7) is 0.856. The van der Waals surface area contributed by atoms with Gasteiger partial charge in [0.15, 0.2) is 0 Å². The van der Waals surface area contributed by atoms with Crippen molar-refractivity contribution in [3.05, 3.63) is 0 Å². The van der Waals surface area contributed by atoms with E-state index >= 15 is 0 Å². The van der Waals surface area contributed by atoms with Gasteiger partial charge in [-0.3, -0.25) is 4.79 Å². The number of carboxylic acid groups (broad SMARTS) is 1. The van der Waals surface area contributed by atoms with E-state index in [4.69, 9.17) is 5.11 Å². The highest BCUT2D eigenvalue weighted by atomic mass is 32.1. The Morgan fingerprint density at radius 1 is 1.71 bits per heavy atom. The van der Waals surface area contributed by atoms with Gasteiger partial charge in [0.05, 0.1) is 6.42 Å². The third-order valence-electron chi connectivity index (χ3n) is 2.32. The Morgan fingerprint density at radius 2 is 2.57 bits per heavy atom. The van der Waals surface area contributed by atoms with Crippen LogP contribution in [0.1, 0.15) is 19.3 Å². The van der Waals surface area contributed by atoms with Crippen LogP contribution in [0.4, 0.5) is 5.13 Å². The summed E-state index contributed by atoms with van der Waals surface area (Å²) >= 11 is 1.21. The standard InChI is InChI=1S/C7H10N4O2S/c12-6(13)4-5-2-1-3-11(5)7-8-9-10-14-7/h5H,1-4H2,(H,12,13). The third-order valence-corrected chi connectivity index (χ3v) is 2.96. The van der Waals surface area contributed by atoms with Gasteiger partial charge in [0.1, 0.15) is 0 Å². The molecular formula is C7H10N4O2S. The molecule has 1 N–H and O–H groups in total. The van der Waals surface area contributed by atoms with Gasteiger partial charge in [0, 0.05) is 24.1 Å². The number of aromatic nitrogens is 3. The van der Waals surface area contributed by atoms with Crippen LogP contribution in [0.3, 0.4) is 0 Å². The molecule has 1 aromatic heterocycles. The van der Waals surface area contributed by atoms with E-state index in [0.717, 1.165) is 24.5 Å². The van der Waals surface area contributed by atoms with Crippen molar-refractivity contribution in [1.29, 1.82) is 0 Å². The maximum absolute atomic E-state index is 10.6. The summed E-state index contributed by atoms with van der Waals surface area (Å²) in [5.74, 6) is -0.764. The number of nitrogens with zero attached hydrogens (tertiary/aromatic N) is 4. The van der Waals surface area contributed by atoms with Crippen molar-refractivity contribution in [2.24, 2.45) is 0 Å². The first-order chi connectivity index (χ1) is 6.77. The molecule has 1 unspecified atom stereocenters. The van der Waals surface area contributed by atoms with E-state index in [0.29, 0.717) is 0 Å². The van der Waals surface area contributed by atoms with Gasteiger partial charge in [-0.15, -0.1) is 0 Å². The molecule has 1 aliphatic rings. The van der Waals surface area contributed by atoms with Gasteiger partial charge in [-0.2, -0.15) is 0 Å². The van der Waals surface area contributed by atoms with Crippen LogP contribution in [-0.2, 0) is 4.79 Å². The first-order valence-corrected chi connectivity index (χ1v) is 5.18. The number of carboxylic acids is 1. The molecule has 76 valence electrons. The maximum atomic E-state index is 10.6. The van der Waals surface area contributed by atoms with Crippen LogP contribution in [-0.4, -0.2) is 38.5 Å². The molecule has 0 saturated carbocycles. The molecule has 0 amide bonds. The highest BCUT2D eigenvalue weighted by Gasteiger charge is 2.28. The Balaban J connectivity index is 2.07. The summed E-state index contributed by atoms with van der Waals surface area (Å²) in [7, 11) is 0. The van der Waals surface area contributed by atoms with Crippen molar-refractivity contribution >= 4 is 22.6 Å². The van der Waals surface area contributed by atoms with E-state index in [1.807, 2.05) is 4.90 Å². The number of hydrogen-bond acceptors (Lipinski definition) is 6. The van der Waals surface area contributed by atoms with E-state index in [9.17, 15) is 4.79 Å². The molecule has 0 bridgehead atoms. The van der Waals surface area contributed by atoms with Crippen molar-refractivity contribution in [1.82, 2.24) is 14.8 Å². The Morgan fingerprint density at radius 3 is 3.21 bits per heavy atom. The van der Waals surface area contributed by atoms with Crippen LogP contribution in [0, 0.1) is 0 Å². The molecule has 2 rings (SSSR count). The SMILES string of the molecule is O=C(O)CC1CCCN1c1nnns1. The number of carbonyl (C=O) groups is 1. The highest BCUT2D eigenvalue weighted by Crippen LogP contribution is 2.26. The lowest BCUT2D eigenvalue weighted by Crippen LogP contribution is -2.31. The summed E-state index contributed by atoms with van der Waals surface area (Å²) in [6.07, 6.45) is 2.09. The molecule has 1 aliphatic heterocycles. The maximum Gasteiger partial charge on any atom is 0.305 e. The van der Waals surface area contributed by atoms with Crippen molar-refractivity contribution in [2.75, 3.05) is 11.4 Å². The minimum Gasteiger partial charge on any atom is -0.481 e. The number of rotatable bonds is 3. The average molecular weight is 214 g/mol. The smallest absolute Gasteiger partial charge is 0.305 e. The largest absolute Gasteiger partial charge is 0.481 e. The molecule has 0 aliphatic carbocycles. The lowest BCUT2D eigenvalue weighted by Gasteiger charge is -2.20. The van der Waals surface area contributed by atoms with Gasteiger partial charge in [-0.1, -0.05) is 9.59 Å². The van der Waals surface area contributed by atoms with E-state index < -0.39 is 5.97 Å². The van der Waals surface area contributed by atoms with Gasteiger partial charge in [-0.25, -0.2) is 0 Å². The topological polar surface area (TPSA) is 79.2 Å². The number of hydrogen-bond donors (Lipinski definition) is 1. The van der Waals surface area contributed by atoms with Gasteiger partial charge in [0.2, 0.25) is 5.13 Å². The molecule has 6 nitrogen and oxygen atoms in total. The van der Waals surface area contributed by atoms with E-state index in [1.165, 1.54) is 11.5 Å². The van der Waals surface area contributed by atoms with Crippen LogP contribution in [0.15, 0.2) is 0 Å². The lowest BCUT2D eigenvalue weighted by molar-refractivity contribution is -0.137. The predicted molar refractivity (Wildman–Crippen MR) is 50.3 cm³/mol. The van der Waals surface area contributed by atoms with Crippen molar-refractivity contribution in [3.8, 4) is 0 Å². The molecule has 0 spiro atoms. The Kier molecular flexibility index (Phi) is 2.58. The van der Waals surface area contributed by atoms with Gasteiger partial charge in [-0.05, 0) is 18.1 Å². The van der Waals surface area contributed by atoms with E-state index in [1.54, 1.807) is 0 Å². The molecule has 1 fully saturated rings. The summed E-state index contributed by atoms with van der Waals surface area (Å²) < 4.78 is 3.67. The molecular weight excluding hydrogens is 204 g/mol. The molecule has 1 atom stereocenters. The van der Waals surface area contributed by atoms with Crippen LogP contribution in [0.2, 0.25) is 0 Å². The predicted octanol–water partition coefficient (Wildman–Crippen LogP) is 0.377.